The Kier molecular flexibility index (Phi) is 6.04. The molecule has 26 heavy (non-hydrogen) atoms. The zero-order valence-electron chi connectivity index (χ0n) is 14.5. The van der Waals surface area contributed by atoms with E-state index in [4.69, 9.17) is 4.74 Å². The molecule has 6 nitrogen and oxygen atoms in total. The molecule has 0 fully saturated rings. The number of aliphatic hydroxyl groups is 1. The van der Waals surface area contributed by atoms with E-state index in [-0.39, 0.29) is 25.6 Å². The van der Waals surface area contributed by atoms with Crippen molar-refractivity contribution in [1.82, 2.24) is 20.2 Å². The fourth-order valence-electron chi connectivity index (χ4n) is 2.56. The molecule has 1 N–H and O–H groups in total. The van der Waals surface area contributed by atoms with Gasteiger partial charge in [0.2, 0.25) is 0 Å². The van der Waals surface area contributed by atoms with Crippen LogP contribution in [0.4, 0.5) is 4.39 Å². The Morgan fingerprint density at radius 2 is 1.85 bits per heavy atom. The largest absolute Gasteiger partial charge is 0.389 e. The Hall–Kier alpha value is -2.64. The van der Waals surface area contributed by atoms with Gasteiger partial charge in [-0.2, -0.15) is 4.80 Å². The third-order valence-electron chi connectivity index (χ3n) is 4.00. The lowest BCUT2D eigenvalue weighted by molar-refractivity contribution is 0.0156. The summed E-state index contributed by atoms with van der Waals surface area (Å²) in [5.41, 5.74) is 2.77. The van der Waals surface area contributed by atoms with Gasteiger partial charge in [-0.15, -0.1) is 10.2 Å². The van der Waals surface area contributed by atoms with E-state index in [9.17, 15) is 9.50 Å². The highest BCUT2D eigenvalue weighted by molar-refractivity contribution is 5.27. The van der Waals surface area contributed by atoms with E-state index in [2.05, 4.69) is 15.4 Å². The molecule has 2 aromatic carbocycles. The lowest BCUT2D eigenvalue weighted by Gasteiger charge is -2.10. The Morgan fingerprint density at radius 3 is 2.62 bits per heavy atom. The summed E-state index contributed by atoms with van der Waals surface area (Å²) in [6, 6.07) is 14.4. The Bertz CT molecular complexity index is 853. The summed E-state index contributed by atoms with van der Waals surface area (Å²) in [5.74, 6) is 0.277. The Balaban J connectivity index is 1.48. The van der Waals surface area contributed by atoms with Crippen LogP contribution in [0.3, 0.4) is 0 Å². The quantitative estimate of drug-likeness (QED) is 0.670. The molecule has 136 valence electrons. The van der Waals surface area contributed by atoms with Gasteiger partial charge in [0, 0.05) is 12.0 Å². The number of aromatic nitrogens is 4. The molecule has 7 heteroatoms. The van der Waals surface area contributed by atoms with Gasteiger partial charge >= 0.3 is 0 Å². The van der Waals surface area contributed by atoms with Gasteiger partial charge < -0.3 is 9.84 Å². The molecule has 1 heterocycles. The van der Waals surface area contributed by atoms with Crippen LogP contribution in [0.1, 0.15) is 22.5 Å². The van der Waals surface area contributed by atoms with Gasteiger partial charge in [0.1, 0.15) is 5.82 Å². The first-order valence-electron chi connectivity index (χ1n) is 8.42. The standard InChI is InChI=1S/C19H21FN4O2/c1-14-6-2-3-7-15(14)10-19-21-23-24(22-19)11-17(25)13-26-12-16-8-4-5-9-18(16)20/h2-9,17,25H,10-13H2,1H3. The summed E-state index contributed by atoms with van der Waals surface area (Å²) >= 11 is 0. The minimum atomic E-state index is -0.803. The lowest BCUT2D eigenvalue weighted by Crippen LogP contribution is -2.23. The highest BCUT2D eigenvalue weighted by atomic mass is 19.1. The maximum absolute atomic E-state index is 13.5. The molecule has 0 spiro atoms. The molecule has 0 bridgehead atoms. The molecule has 0 saturated carbocycles. The highest BCUT2D eigenvalue weighted by Gasteiger charge is 2.11. The first-order chi connectivity index (χ1) is 12.6. The van der Waals surface area contributed by atoms with E-state index in [0.29, 0.717) is 17.8 Å². The molecule has 0 saturated heterocycles. The number of hydrogen-bond donors (Lipinski definition) is 1. The second-order valence-electron chi connectivity index (χ2n) is 6.12. The maximum atomic E-state index is 13.5. The molecule has 1 atom stereocenters. The fourth-order valence-corrected chi connectivity index (χ4v) is 2.56. The van der Waals surface area contributed by atoms with Crippen molar-refractivity contribution in [1.29, 1.82) is 0 Å². The summed E-state index contributed by atoms with van der Waals surface area (Å²) in [7, 11) is 0. The smallest absolute Gasteiger partial charge is 0.179 e. The van der Waals surface area contributed by atoms with Crippen molar-refractivity contribution < 1.29 is 14.2 Å². The Morgan fingerprint density at radius 1 is 1.12 bits per heavy atom. The first-order valence-corrected chi connectivity index (χ1v) is 8.42. The van der Waals surface area contributed by atoms with Crippen molar-refractivity contribution in [2.24, 2.45) is 0 Å². The van der Waals surface area contributed by atoms with Gasteiger partial charge in [0.15, 0.2) is 5.82 Å². The van der Waals surface area contributed by atoms with E-state index < -0.39 is 6.10 Å². The number of benzene rings is 2. The first kappa shape index (κ1) is 18.2. The number of rotatable bonds is 8. The van der Waals surface area contributed by atoms with Crippen molar-refractivity contribution in [3.63, 3.8) is 0 Å². The van der Waals surface area contributed by atoms with Gasteiger partial charge in [-0.25, -0.2) is 4.39 Å². The van der Waals surface area contributed by atoms with E-state index in [1.165, 1.54) is 16.4 Å². The summed E-state index contributed by atoms with van der Waals surface area (Å²) < 4.78 is 18.9. The monoisotopic (exact) mass is 356 g/mol. The van der Waals surface area contributed by atoms with Crippen LogP contribution in [0.2, 0.25) is 0 Å². The number of nitrogens with zero attached hydrogens (tertiary/aromatic N) is 4. The molecule has 1 unspecified atom stereocenters. The Labute approximate surface area is 151 Å². The highest BCUT2D eigenvalue weighted by Crippen LogP contribution is 2.10. The van der Waals surface area contributed by atoms with Crippen molar-refractivity contribution in [3.8, 4) is 0 Å². The topological polar surface area (TPSA) is 73.1 Å². The lowest BCUT2D eigenvalue weighted by atomic mass is 10.1. The molecule has 3 aromatic rings. The molecular weight excluding hydrogens is 335 g/mol. The molecular formula is C19H21FN4O2. The summed E-state index contributed by atoms with van der Waals surface area (Å²) in [5, 5.41) is 22.3. The van der Waals surface area contributed by atoms with E-state index >= 15 is 0 Å². The zero-order chi connectivity index (χ0) is 18.4. The molecule has 0 radical (unpaired) electrons. The predicted octanol–water partition coefficient (Wildman–Crippen LogP) is 2.29. The van der Waals surface area contributed by atoms with E-state index in [1.807, 2.05) is 31.2 Å². The van der Waals surface area contributed by atoms with Crippen molar-refractivity contribution in [2.75, 3.05) is 6.61 Å². The number of aryl methyl sites for hydroxylation is 1. The van der Waals surface area contributed by atoms with Crippen LogP contribution in [0.5, 0.6) is 0 Å². The second kappa shape index (κ2) is 8.64. The molecule has 0 aliphatic heterocycles. The third-order valence-corrected chi connectivity index (χ3v) is 4.00. The molecule has 1 aromatic heterocycles. The van der Waals surface area contributed by atoms with Crippen molar-refractivity contribution in [3.05, 3.63) is 76.9 Å². The number of tetrazole rings is 1. The van der Waals surface area contributed by atoms with Crippen LogP contribution in [-0.2, 0) is 24.3 Å². The maximum Gasteiger partial charge on any atom is 0.179 e. The number of hydrogen-bond acceptors (Lipinski definition) is 5. The predicted molar refractivity (Wildman–Crippen MR) is 93.9 cm³/mol. The molecule has 0 aliphatic carbocycles. The number of aliphatic hydroxyl groups excluding tert-OH is 1. The van der Waals surface area contributed by atoms with Crippen molar-refractivity contribution in [2.45, 2.75) is 32.6 Å². The second-order valence-corrected chi connectivity index (χ2v) is 6.12. The molecule has 0 aliphatic rings. The average Bonchev–Trinajstić information content (AvgIpc) is 3.05. The summed E-state index contributed by atoms with van der Waals surface area (Å²) in [6.07, 6.45) is -0.214. The van der Waals surface area contributed by atoms with Crippen LogP contribution >= 0.6 is 0 Å². The van der Waals surface area contributed by atoms with Gasteiger partial charge in [-0.1, -0.05) is 42.5 Å². The van der Waals surface area contributed by atoms with Crippen LogP contribution in [0.25, 0.3) is 0 Å². The normalized spacial score (nSPS) is 12.3. The van der Waals surface area contributed by atoms with Gasteiger partial charge in [-0.3, -0.25) is 0 Å². The average molecular weight is 356 g/mol. The van der Waals surface area contributed by atoms with Crippen LogP contribution in [-0.4, -0.2) is 38.0 Å². The minimum Gasteiger partial charge on any atom is -0.389 e. The number of halogens is 1. The van der Waals surface area contributed by atoms with Crippen LogP contribution in [0, 0.1) is 12.7 Å². The van der Waals surface area contributed by atoms with E-state index in [1.54, 1.807) is 18.2 Å². The summed E-state index contributed by atoms with van der Waals surface area (Å²) in [4.78, 5) is 1.35. The fraction of sp³-hybridized carbons (Fsp3) is 0.316. The number of ether oxygens (including phenoxy) is 1. The van der Waals surface area contributed by atoms with Crippen LogP contribution in [0.15, 0.2) is 48.5 Å². The third kappa shape index (κ3) is 4.93. The SMILES string of the molecule is Cc1ccccc1Cc1nnn(CC(O)COCc2ccccc2F)n1. The van der Waals surface area contributed by atoms with Gasteiger partial charge in [0.25, 0.3) is 0 Å². The van der Waals surface area contributed by atoms with E-state index in [0.717, 1.165) is 5.56 Å². The van der Waals surface area contributed by atoms with Crippen molar-refractivity contribution >= 4 is 0 Å². The molecule has 0 amide bonds. The zero-order valence-corrected chi connectivity index (χ0v) is 14.5. The van der Waals surface area contributed by atoms with Crippen LogP contribution < -0.4 is 0 Å². The summed E-state index contributed by atoms with van der Waals surface area (Å²) in [6.45, 7) is 2.37. The van der Waals surface area contributed by atoms with Gasteiger partial charge in [0.05, 0.1) is 25.9 Å². The minimum absolute atomic E-state index is 0.0585. The molecule has 3 rings (SSSR count). The van der Waals surface area contributed by atoms with Gasteiger partial charge in [-0.05, 0) is 29.3 Å².